The second-order valence-electron chi connectivity index (χ2n) is 6.93. The zero-order chi connectivity index (χ0) is 20.9. The molecule has 1 amide bonds. The highest BCUT2D eigenvalue weighted by Gasteiger charge is 2.17. The molecule has 0 saturated carbocycles. The number of amides is 1. The Bertz CT molecular complexity index is 1000. The van der Waals surface area contributed by atoms with E-state index in [4.69, 9.17) is 4.74 Å². The molecule has 1 aliphatic rings. The van der Waals surface area contributed by atoms with E-state index in [-0.39, 0.29) is 23.6 Å². The number of ether oxygens (including phenoxy) is 1. The van der Waals surface area contributed by atoms with Crippen molar-refractivity contribution < 1.29 is 13.9 Å². The van der Waals surface area contributed by atoms with Gasteiger partial charge in [-0.3, -0.25) is 4.79 Å². The standard InChI is InChI=1S/C21H21FN4O2S2/c1-13-20(30-21(24-13)14-4-6-15(22)7-5-14)17-8-9-19(26-25-17)29-12-18(27)23-11-16-3-2-10-28-16/h4-9,16H,2-3,10-12H2,1H3,(H,23,27)/t16-/m1/s1. The number of aromatic nitrogens is 3. The Morgan fingerprint density at radius 3 is 2.80 bits per heavy atom. The zero-order valence-electron chi connectivity index (χ0n) is 16.4. The lowest BCUT2D eigenvalue weighted by Gasteiger charge is -2.10. The normalized spacial score (nSPS) is 16.0. The predicted octanol–water partition coefficient (Wildman–Crippen LogP) is 4.10. The minimum absolute atomic E-state index is 0.0383. The molecule has 0 radical (unpaired) electrons. The third-order valence-electron chi connectivity index (χ3n) is 4.66. The van der Waals surface area contributed by atoms with Crippen LogP contribution in [0.2, 0.25) is 0 Å². The maximum atomic E-state index is 13.1. The van der Waals surface area contributed by atoms with E-state index in [0.29, 0.717) is 11.6 Å². The smallest absolute Gasteiger partial charge is 0.230 e. The molecule has 0 aliphatic carbocycles. The summed E-state index contributed by atoms with van der Waals surface area (Å²) in [6.45, 7) is 3.26. The summed E-state index contributed by atoms with van der Waals surface area (Å²) >= 11 is 2.84. The maximum absolute atomic E-state index is 13.1. The van der Waals surface area contributed by atoms with Crippen LogP contribution < -0.4 is 5.32 Å². The number of halogens is 1. The lowest BCUT2D eigenvalue weighted by Crippen LogP contribution is -2.32. The second-order valence-corrected chi connectivity index (χ2v) is 8.92. The topological polar surface area (TPSA) is 77.0 Å². The highest BCUT2D eigenvalue weighted by Crippen LogP contribution is 2.34. The predicted molar refractivity (Wildman–Crippen MR) is 116 cm³/mol. The van der Waals surface area contributed by atoms with E-state index in [9.17, 15) is 9.18 Å². The van der Waals surface area contributed by atoms with Crippen LogP contribution in [-0.4, -0.2) is 46.1 Å². The minimum Gasteiger partial charge on any atom is -0.376 e. The van der Waals surface area contributed by atoms with Gasteiger partial charge in [-0.15, -0.1) is 21.5 Å². The van der Waals surface area contributed by atoms with Gasteiger partial charge in [0.05, 0.1) is 22.4 Å². The Labute approximate surface area is 182 Å². The number of hydrogen-bond donors (Lipinski definition) is 1. The highest BCUT2D eigenvalue weighted by atomic mass is 32.2. The SMILES string of the molecule is Cc1nc(-c2ccc(F)cc2)sc1-c1ccc(SCC(=O)NC[C@H]2CCCO2)nn1. The molecule has 156 valence electrons. The Kier molecular flexibility index (Phi) is 6.71. The average molecular weight is 445 g/mol. The summed E-state index contributed by atoms with van der Waals surface area (Å²) in [6, 6.07) is 10.0. The van der Waals surface area contributed by atoms with Crippen LogP contribution in [0, 0.1) is 12.7 Å². The summed E-state index contributed by atoms with van der Waals surface area (Å²) in [5.41, 5.74) is 2.44. The van der Waals surface area contributed by atoms with E-state index < -0.39 is 0 Å². The quantitative estimate of drug-likeness (QED) is 0.553. The number of nitrogens with one attached hydrogen (secondary N) is 1. The Balaban J connectivity index is 1.35. The maximum Gasteiger partial charge on any atom is 0.230 e. The highest BCUT2D eigenvalue weighted by molar-refractivity contribution is 7.99. The van der Waals surface area contributed by atoms with Crippen molar-refractivity contribution in [3.05, 3.63) is 47.9 Å². The van der Waals surface area contributed by atoms with Crippen molar-refractivity contribution >= 4 is 29.0 Å². The molecule has 4 rings (SSSR count). The van der Waals surface area contributed by atoms with Gasteiger partial charge in [0.25, 0.3) is 0 Å². The van der Waals surface area contributed by atoms with Crippen LogP contribution in [0.15, 0.2) is 41.4 Å². The summed E-state index contributed by atoms with van der Waals surface area (Å²) in [4.78, 5) is 17.5. The fraction of sp³-hybridized carbons (Fsp3) is 0.333. The lowest BCUT2D eigenvalue weighted by molar-refractivity contribution is -0.119. The molecular formula is C21H21FN4O2S2. The first kappa shape index (κ1) is 20.9. The molecule has 1 fully saturated rings. The number of hydrogen-bond acceptors (Lipinski definition) is 7. The molecule has 1 atom stereocenters. The molecule has 1 aromatic carbocycles. The van der Waals surface area contributed by atoms with Gasteiger partial charge < -0.3 is 10.1 Å². The van der Waals surface area contributed by atoms with Crippen molar-refractivity contribution in [2.75, 3.05) is 18.9 Å². The van der Waals surface area contributed by atoms with Crippen LogP contribution in [-0.2, 0) is 9.53 Å². The molecule has 3 heterocycles. The van der Waals surface area contributed by atoms with Gasteiger partial charge in [-0.2, -0.15) is 0 Å². The largest absolute Gasteiger partial charge is 0.376 e. The number of thioether (sulfide) groups is 1. The Hall–Kier alpha value is -2.36. The van der Waals surface area contributed by atoms with Gasteiger partial charge in [-0.1, -0.05) is 11.8 Å². The van der Waals surface area contributed by atoms with Gasteiger partial charge >= 0.3 is 0 Å². The molecule has 9 heteroatoms. The molecule has 30 heavy (non-hydrogen) atoms. The minimum atomic E-state index is -0.272. The molecule has 0 bridgehead atoms. The van der Waals surface area contributed by atoms with E-state index in [0.717, 1.165) is 46.3 Å². The van der Waals surface area contributed by atoms with Gasteiger partial charge in [0, 0.05) is 18.7 Å². The van der Waals surface area contributed by atoms with Gasteiger partial charge in [0.15, 0.2) is 0 Å². The molecule has 0 spiro atoms. The summed E-state index contributed by atoms with van der Waals surface area (Å²) in [5, 5.41) is 12.9. The molecule has 6 nitrogen and oxygen atoms in total. The summed E-state index contributed by atoms with van der Waals surface area (Å²) < 4.78 is 18.6. The number of carbonyl (C=O) groups is 1. The fourth-order valence-corrected chi connectivity index (χ4v) is 4.77. The average Bonchev–Trinajstić information content (AvgIpc) is 3.41. The molecule has 1 saturated heterocycles. The van der Waals surface area contributed by atoms with Crippen molar-refractivity contribution in [2.45, 2.75) is 30.9 Å². The second kappa shape index (κ2) is 9.63. The van der Waals surface area contributed by atoms with Crippen molar-refractivity contribution in [3.63, 3.8) is 0 Å². The fourth-order valence-electron chi connectivity index (χ4n) is 3.09. The first-order chi connectivity index (χ1) is 14.6. The van der Waals surface area contributed by atoms with Crippen LogP contribution in [0.25, 0.3) is 21.1 Å². The summed E-state index contributed by atoms with van der Waals surface area (Å²) in [5.74, 6) is -0.0231. The van der Waals surface area contributed by atoms with Crippen LogP contribution in [0.5, 0.6) is 0 Å². The number of aryl methyl sites for hydroxylation is 1. The van der Waals surface area contributed by atoms with Gasteiger partial charge in [-0.25, -0.2) is 9.37 Å². The third kappa shape index (κ3) is 5.21. The monoisotopic (exact) mass is 444 g/mol. The number of nitrogens with zero attached hydrogens (tertiary/aromatic N) is 3. The van der Waals surface area contributed by atoms with Crippen LogP contribution in [0.3, 0.4) is 0 Å². The Morgan fingerprint density at radius 2 is 2.10 bits per heavy atom. The molecule has 2 aromatic heterocycles. The van der Waals surface area contributed by atoms with Crippen molar-refractivity contribution in [2.24, 2.45) is 0 Å². The first-order valence-electron chi connectivity index (χ1n) is 9.67. The summed E-state index contributed by atoms with van der Waals surface area (Å²) in [6.07, 6.45) is 2.20. The van der Waals surface area contributed by atoms with Crippen LogP contribution in [0.1, 0.15) is 18.5 Å². The molecular weight excluding hydrogens is 423 g/mol. The van der Waals surface area contributed by atoms with E-state index in [1.807, 2.05) is 19.1 Å². The lowest BCUT2D eigenvalue weighted by atomic mass is 10.2. The van der Waals surface area contributed by atoms with Crippen molar-refractivity contribution in [1.82, 2.24) is 20.5 Å². The van der Waals surface area contributed by atoms with E-state index in [2.05, 4.69) is 20.5 Å². The van der Waals surface area contributed by atoms with Crippen LogP contribution in [0.4, 0.5) is 4.39 Å². The van der Waals surface area contributed by atoms with E-state index in [1.165, 1.54) is 35.2 Å². The zero-order valence-corrected chi connectivity index (χ0v) is 18.1. The van der Waals surface area contributed by atoms with Crippen molar-refractivity contribution in [1.29, 1.82) is 0 Å². The molecule has 1 aliphatic heterocycles. The van der Waals surface area contributed by atoms with Gasteiger partial charge in [0.2, 0.25) is 5.91 Å². The van der Waals surface area contributed by atoms with E-state index >= 15 is 0 Å². The molecule has 3 aromatic rings. The first-order valence-corrected chi connectivity index (χ1v) is 11.5. The number of benzene rings is 1. The number of thiazole rings is 1. The molecule has 1 N–H and O–H groups in total. The Morgan fingerprint density at radius 1 is 1.27 bits per heavy atom. The molecule has 0 unspecified atom stereocenters. The number of rotatable bonds is 7. The number of carbonyl (C=O) groups excluding carboxylic acids is 1. The van der Waals surface area contributed by atoms with Gasteiger partial charge in [-0.05, 0) is 56.2 Å². The summed E-state index contributed by atoms with van der Waals surface area (Å²) in [7, 11) is 0. The van der Waals surface area contributed by atoms with Crippen molar-refractivity contribution in [3.8, 4) is 21.1 Å². The third-order valence-corrected chi connectivity index (χ3v) is 6.81. The van der Waals surface area contributed by atoms with Gasteiger partial charge in [0.1, 0.15) is 21.5 Å². The van der Waals surface area contributed by atoms with E-state index in [1.54, 1.807) is 12.1 Å². The van der Waals surface area contributed by atoms with Crippen LogP contribution >= 0.6 is 23.1 Å².